The van der Waals surface area contributed by atoms with Gasteiger partial charge in [0.1, 0.15) is 247 Å². The van der Waals surface area contributed by atoms with Crippen molar-refractivity contribution in [2.45, 2.75) is 35.0 Å². The Balaban J connectivity index is 1.45. The number of hydrogen-bond donors (Lipinski definition) is 0. The van der Waals surface area contributed by atoms with Gasteiger partial charge in [-0.15, -0.1) is 43.7 Å². The van der Waals surface area contributed by atoms with E-state index in [0.29, 0.717) is 35.0 Å². The van der Waals surface area contributed by atoms with Crippen LogP contribution in [0, 0.1) is 0 Å². The van der Waals surface area contributed by atoms with E-state index in [-0.39, 0.29) is 0 Å². The van der Waals surface area contributed by atoms with Crippen LogP contribution in [0.5, 0.6) is 0 Å². The molecule has 0 spiro atoms. The topological polar surface area (TPSA) is 13.1 Å². The van der Waals surface area contributed by atoms with E-state index in [2.05, 4.69) is 235 Å². The maximum absolute atomic E-state index is 7.40. The van der Waals surface area contributed by atoms with Crippen LogP contribution < -0.4 is 137 Å². The number of fused-ring (bicyclic) bond motifs is 6. The molecule has 1 aliphatic carbocycles. The second-order valence-corrected chi connectivity index (χ2v) is 26.9. The molecule has 1 heterocycles. The predicted octanol–water partition coefficient (Wildman–Crippen LogP) is -34.3. The zero-order valence-corrected chi connectivity index (χ0v) is 54.9. The third kappa shape index (κ3) is 7.72. The zero-order chi connectivity index (χ0) is 58.4. The van der Waals surface area contributed by atoms with Gasteiger partial charge in [0.05, 0.1) is 0 Å². The average Bonchev–Trinajstić information content (AvgIpc) is 3.40. The van der Waals surface area contributed by atoms with Crippen LogP contribution in [-0.2, 0) is 0 Å². The van der Waals surface area contributed by atoms with E-state index in [1.165, 1.54) is 213 Å². The van der Waals surface area contributed by atoms with Crippen LogP contribution in [0.3, 0.4) is 0 Å². The van der Waals surface area contributed by atoms with E-state index in [1.807, 2.05) is 0 Å². The maximum Gasteiger partial charge on any atom is 0.143 e. The monoisotopic (exact) mass is 989 g/mol. The van der Waals surface area contributed by atoms with E-state index in [0.717, 1.165) is 11.2 Å². The molecule has 10 rings (SSSR count). The third-order valence-electron chi connectivity index (χ3n) is 24.4. The van der Waals surface area contributed by atoms with Crippen molar-refractivity contribution in [1.82, 2.24) is 0 Å². The van der Waals surface area contributed by atoms with Crippen molar-refractivity contribution in [3.63, 3.8) is 0 Å². The van der Waals surface area contributed by atoms with E-state index < -0.39 is 0 Å². The smallest absolute Gasteiger partial charge is 0.143 e. The molecule has 0 amide bonds. The lowest BCUT2D eigenvalue weighted by Crippen LogP contribution is -2.52. The molecule has 1 nitrogen and oxygen atoms in total. The first-order valence-electron chi connectivity index (χ1n) is 30.3. The van der Waals surface area contributed by atoms with E-state index in [9.17, 15) is 0 Å². The van der Waals surface area contributed by atoms with Gasteiger partial charge < -0.3 is 4.42 Å². The van der Waals surface area contributed by atoms with Gasteiger partial charge in [-0.25, -0.2) is 0 Å². The predicted molar refractivity (Wildman–Crippen MR) is 451 cm³/mol. The maximum atomic E-state index is 7.40. The highest BCUT2D eigenvalue weighted by molar-refractivity contribution is 6.76. The summed E-state index contributed by atoms with van der Waals surface area (Å²) in [6.45, 7) is 0. The molecular formula is C48H66B30O. The molecule has 0 bridgehead atoms. The molecule has 1 fully saturated rings. The van der Waals surface area contributed by atoms with Gasteiger partial charge in [0.2, 0.25) is 0 Å². The van der Waals surface area contributed by atoms with E-state index in [1.54, 1.807) is 5.56 Å². The fraction of sp³-hybridized carbons (Fsp3) is 0.125. The summed E-state index contributed by atoms with van der Waals surface area (Å²) in [4.78, 5) is 0. The average molecular weight is 983 g/mol. The largest absolute Gasteiger partial charge is 0.457 e. The summed E-state index contributed by atoms with van der Waals surface area (Å²) in [6.07, 6.45) is 0. The molecule has 79 heavy (non-hydrogen) atoms. The summed E-state index contributed by atoms with van der Waals surface area (Å²) in [6, 6.07) is 0. The molecule has 0 N–H and O–H groups in total. The standard InChI is InChI=1S/C48H66B30O/c49-17-11(26(58)27(59)14-13(17)30(62)40(72)41(73)31(14)63)12-19(51)16-15-18(50)9(32(64)45(77)47(15)79-48(16)46(78)33(12)65)2-6-3(20(52)34(66)37(69)23(6)55)1(4-7(2)24(56)38(70)35(67)21(4)53)5-8(25(57)39(71)36(68)22(5)54)10-28(60)42(74)44(76)43(75)29(10)61/h10,28-29,42-44H,49-78H2. The molecule has 4 atom stereocenters. The number of benzene rings is 8. The zero-order valence-electron chi connectivity index (χ0n) is 54.9. The van der Waals surface area contributed by atoms with Gasteiger partial charge in [-0.3, -0.25) is 0 Å². The molecule has 1 aliphatic rings. The molecule has 0 aliphatic heterocycles. The summed E-state index contributed by atoms with van der Waals surface area (Å²) in [7, 11) is 72.8. The molecule has 4 unspecified atom stereocenters. The first kappa shape index (κ1) is 58.5. The lowest BCUT2D eigenvalue weighted by molar-refractivity contribution is 0.447. The number of furan rings is 1. The minimum absolute atomic E-state index is 0.427. The molecule has 1 aromatic heterocycles. The van der Waals surface area contributed by atoms with Crippen LogP contribution in [0.25, 0.3) is 87.6 Å². The lowest BCUT2D eigenvalue weighted by atomic mass is 9.35. The van der Waals surface area contributed by atoms with Gasteiger partial charge in [0, 0.05) is 10.8 Å². The molecule has 1 saturated carbocycles. The van der Waals surface area contributed by atoms with Crippen LogP contribution in [0.15, 0.2) is 4.42 Å². The van der Waals surface area contributed by atoms with Crippen molar-refractivity contribution < 1.29 is 4.42 Å². The van der Waals surface area contributed by atoms with E-state index in [4.69, 9.17) is 4.42 Å². The summed E-state index contributed by atoms with van der Waals surface area (Å²) in [5.74, 6) is 3.41. The lowest BCUT2D eigenvalue weighted by Gasteiger charge is -2.50. The highest BCUT2D eigenvalue weighted by Gasteiger charge is 2.43. The minimum atomic E-state index is 0.427. The quantitative estimate of drug-likeness (QED) is 0.127. The summed E-state index contributed by atoms with van der Waals surface area (Å²) < 4.78 is 7.40. The Morgan fingerprint density at radius 1 is 0.177 bits per heavy atom. The highest BCUT2D eigenvalue weighted by Crippen LogP contribution is 2.60. The van der Waals surface area contributed by atoms with Gasteiger partial charge in [0.15, 0.2) is 0 Å². The van der Waals surface area contributed by atoms with Crippen molar-refractivity contribution >= 4 is 426 Å². The molecule has 354 valence electrons. The molecule has 31 heteroatoms. The fourth-order valence-electron chi connectivity index (χ4n) is 17.2. The Bertz CT molecular complexity index is 4220. The van der Waals surface area contributed by atoms with Crippen LogP contribution in [0.4, 0.5) is 0 Å². The Morgan fingerprint density at radius 2 is 0.405 bits per heavy atom. The SMILES string of the molecule is Bc1c(B)c(B)c(C2C(B)C(B)C(B)C(B)C2B)c(-c2c3c(B)c(B)c(B)c(B)c3c(-c3c(B)c(B)c4oc5c(B)c(B)c(-c6c(B)c(B)c7c(B)c(B)c(B)c(B)c7c6B)c(B)c5c4c3B)c3c(B)c(B)c(B)c(B)c23)c1B. The van der Waals surface area contributed by atoms with Crippen molar-refractivity contribution in [3.8, 4) is 33.4 Å². The Kier molecular flexibility index (Phi) is 14.8. The van der Waals surface area contributed by atoms with Gasteiger partial charge in [0.25, 0.3) is 0 Å². The summed E-state index contributed by atoms with van der Waals surface area (Å²) in [5, 5.41) is 11.1. The van der Waals surface area contributed by atoms with Crippen molar-refractivity contribution in [3.05, 3.63) is 5.56 Å². The molecule has 0 radical (unpaired) electrons. The van der Waals surface area contributed by atoms with Crippen molar-refractivity contribution in [2.75, 3.05) is 0 Å². The second-order valence-electron chi connectivity index (χ2n) is 26.9. The molecule has 9 aromatic rings. The normalized spacial score (nSPS) is 18.6. The van der Waals surface area contributed by atoms with Crippen LogP contribution in [0.2, 0.25) is 29.1 Å². The highest BCUT2D eigenvalue weighted by atomic mass is 16.3. The minimum Gasteiger partial charge on any atom is -0.457 e. The van der Waals surface area contributed by atoms with Crippen LogP contribution >= 0.6 is 0 Å². The van der Waals surface area contributed by atoms with Gasteiger partial charge in [-0.05, 0) is 77.2 Å². The first-order valence-corrected chi connectivity index (χ1v) is 30.3. The van der Waals surface area contributed by atoms with Gasteiger partial charge >= 0.3 is 0 Å². The number of hydrogen-bond acceptors (Lipinski definition) is 1. The second kappa shape index (κ2) is 20.0. The van der Waals surface area contributed by atoms with Crippen molar-refractivity contribution in [2.24, 2.45) is 0 Å². The van der Waals surface area contributed by atoms with Gasteiger partial charge in [-0.2, -0.15) is 0 Å². The summed E-state index contributed by atoms with van der Waals surface area (Å²) in [5.41, 5.74) is 46.8. The number of rotatable bonds is 4. The Morgan fingerprint density at radius 3 is 0.772 bits per heavy atom. The fourth-order valence-corrected chi connectivity index (χ4v) is 17.2. The van der Waals surface area contributed by atoms with Crippen molar-refractivity contribution in [1.29, 1.82) is 0 Å². The Hall–Kier alpha value is -3.71. The van der Waals surface area contributed by atoms with Crippen LogP contribution in [-0.4, -0.2) is 235 Å². The Labute approximate surface area is 501 Å². The molecule has 0 saturated heterocycles. The van der Waals surface area contributed by atoms with Crippen LogP contribution in [0.1, 0.15) is 11.5 Å². The van der Waals surface area contributed by atoms with E-state index >= 15 is 0 Å². The molecule has 8 aromatic carbocycles. The first-order chi connectivity index (χ1) is 36.8. The summed E-state index contributed by atoms with van der Waals surface area (Å²) >= 11 is 0. The third-order valence-corrected chi connectivity index (χ3v) is 24.4. The molecular weight excluding hydrogens is 917 g/mol. The van der Waals surface area contributed by atoms with Gasteiger partial charge in [-0.1, -0.05) is 122 Å².